The largest absolute Gasteiger partial charge is 0.462 e. The van der Waals surface area contributed by atoms with Crippen molar-refractivity contribution >= 4 is 5.97 Å². The molecule has 128 valence electrons. The lowest BCUT2D eigenvalue weighted by Crippen LogP contribution is -2.12. The molecule has 0 spiro atoms. The van der Waals surface area contributed by atoms with Gasteiger partial charge in [-0.2, -0.15) is 0 Å². The molecular weight excluding hydrogens is 276 g/mol. The van der Waals surface area contributed by atoms with Gasteiger partial charge in [-0.3, -0.25) is 0 Å². The lowest BCUT2D eigenvalue weighted by molar-refractivity contribution is -0.139. The third-order valence-corrected chi connectivity index (χ3v) is 2.37. The Kier molecular flexibility index (Phi) is 28.7. The Morgan fingerprint density at radius 2 is 1.57 bits per heavy atom. The standard InChI is InChI=1S/C11H20O2.2C2H6O2/c1-4-7-8-10(5-2)9-13-11(12)6-3;2*3-1-2-4/h6,10H,3-5,7-9H2,1-2H3;2*3-4H,1-2H2. The lowest BCUT2D eigenvalue weighted by atomic mass is 10.0. The number of aliphatic hydroxyl groups is 4. The molecule has 1 atom stereocenters. The molecule has 6 heteroatoms. The number of hydrogen-bond acceptors (Lipinski definition) is 6. The van der Waals surface area contributed by atoms with Crippen LogP contribution in [0, 0.1) is 5.92 Å². The summed E-state index contributed by atoms with van der Waals surface area (Å²) in [7, 11) is 0. The second kappa shape index (κ2) is 24.1. The molecule has 0 aliphatic rings. The number of rotatable bonds is 9. The average Bonchev–Trinajstić information content (AvgIpc) is 2.55. The first kappa shape index (κ1) is 25.0. The molecule has 0 saturated heterocycles. The summed E-state index contributed by atoms with van der Waals surface area (Å²) < 4.78 is 4.98. The van der Waals surface area contributed by atoms with E-state index < -0.39 is 0 Å². The van der Waals surface area contributed by atoms with E-state index in [0.29, 0.717) is 12.5 Å². The van der Waals surface area contributed by atoms with Gasteiger partial charge in [0.1, 0.15) is 0 Å². The van der Waals surface area contributed by atoms with Crippen LogP contribution in [0.5, 0.6) is 0 Å². The lowest BCUT2D eigenvalue weighted by Gasteiger charge is -2.13. The number of carbonyl (C=O) groups excluding carboxylic acids is 1. The first-order chi connectivity index (χ1) is 10.1. The van der Waals surface area contributed by atoms with Crippen LogP contribution in [0.3, 0.4) is 0 Å². The van der Waals surface area contributed by atoms with Gasteiger partial charge < -0.3 is 25.2 Å². The molecular formula is C15H32O6. The maximum atomic E-state index is 10.8. The van der Waals surface area contributed by atoms with Crippen molar-refractivity contribution in [2.45, 2.75) is 39.5 Å². The molecule has 0 rings (SSSR count). The molecule has 0 aliphatic carbocycles. The zero-order valence-electron chi connectivity index (χ0n) is 13.3. The smallest absolute Gasteiger partial charge is 0.330 e. The van der Waals surface area contributed by atoms with E-state index in [9.17, 15) is 4.79 Å². The number of hydrogen-bond donors (Lipinski definition) is 4. The second-order valence-electron chi connectivity index (χ2n) is 4.15. The summed E-state index contributed by atoms with van der Waals surface area (Å²) in [5.41, 5.74) is 0. The summed E-state index contributed by atoms with van der Waals surface area (Å²) in [6, 6.07) is 0. The molecule has 0 aromatic rings. The Morgan fingerprint density at radius 1 is 1.10 bits per heavy atom. The van der Waals surface area contributed by atoms with Crippen LogP contribution >= 0.6 is 0 Å². The molecule has 0 bridgehead atoms. The fraction of sp³-hybridized carbons (Fsp3) is 0.800. The topological polar surface area (TPSA) is 107 Å². The van der Waals surface area contributed by atoms with Crippen LogP contribution in [0.1, 0.15) is 39.5 Å². The summed E-state index contributed by atoms with van der Waals surface area (Å²) in [4.78, 5) is 10.8. The number of carbonyl (C=O) groups is 1. The van der Waals surface area contributed by atoms with E-state index in [2.05, 4.69) is 20.4 Å². The fourth-order valence-electron chi connectivity index (χ4n) is 1.16. The number of unbranched alkanes of at least 4 members (excludes halogenated alkanes) is 1. The Labute approximate surface area is 128 Å². The Morgan fingerprint density at radius 3 is 1.86 bits per heavy atom. The predicted octanol–water partition coefficient (Wildman–Crippen LogP) is 0.874. The van der Waals surface area contributed by atoms with Crippen molar-refractivity contribution in [3.63, 3.8) is 0 Å². The highest BCUT2D eigenvalue weighted by atomic mass is 16.5. The van der Waals surface area contributed by atoms with Crippen molar-refractivity contribution in [2.24, 2.45) is 5.92 Å². The van der Waals surface area contributed by atoms with E-state index in [-0.39, 0.29) is 32.4 Å². The number of aliphatic hydroxyl groups excluding tert-OH is 4. The van der Waals surface area contributed by atoms with Gasteiger partial charge in [-0.25, -0.2) is 4.79 Å². The van der Waals surface area contributed by atoms with Crippen molar-refractivity contribution in [2.75, 3.05) is 33.0 Å². The minimum atomic E-state index is -0.310. The van der Waals surface area contributed by atoms with Gasteiger partial charge in [0.2, 0.25) is 0 Å². The minimum Gasteiger partial charge on any atom is -0.462 e. The molecule has 4 N–H and O–H groups in total. The van der Waals surface area contributed by atoms with Crippen LogP contribution in [-0.4, -0.2) is 59.4 Å². The molecule has 0 radical (unpaired) electrons. The molecule has 0 fully saturated rings. The third kappa shape index (κ3) is 28.1. The van der Waals surface area contributed by atoms with E-state index in [0.717, 1.165) is 12.8 Å². The quantitative estimate of drug-likeness (QED) is 0.372. The van der Waals surface area contributed by atoms with Crippen LogP contribution in [0.2, 0.25) is 0 Å². The van der Waals surface area contributed by atoms with Gasteiger partial charge in [0.25, 0.3) is 0 Å². The van der Waals surface area contributed by atoms with E-state index >= 15 is 0 Å². The summed E-state index contributed by atoms with van der Waals surface area (Å²) in [5, 5.41) is 30.5. The monoisotopic (exact) mass is 308 g/mol. The molecule has 0 saturated carbocycles. The molecule has 0 aromatic heterocycles. The Balaban J connectivity index is -0.000000334. The first-order valence-corrected chi connectivity index (χ1v) is 7.30. The maximum Gasteiger partial charge on any atom is 0.330 e. The van der Waals surface area contributed by atoms with Crippen molar-refractivity contribution in [1.29, 1.82) is 0 Å². The molecule has 0 heterocycles. The molecule has 6 nitrogen and oxygen atoms in total. The van der Waals surface area contributed by atoms with Gasteiger partial charge in [-0.1, -0.05) is 39.7 Å². The number of ether oxygens (including phenoxy) is 1. The van der Waals surface area contributed by atoms with Crippen LogP contribution in [0.25, 0.3) is 0 Å². The molecule has 0 amide bonds. The highest BCUT2D eigenvalue weighted by Gasteiger charge is 2.07. The molecule has 0 aliphatic heterocycles. The SMILES string of the molecule is C=CC(=O)OCC(CC)CCCC.OCCO.OCCO. The van der Waals surface area contributed by atoms with Gasteiger partial charge in [0, 0.05) is 6.08 Å². The van der Waals surface area contributed by atoms with Gasteiger partial charge in [0.05, 0.1) is 33.0 Å². The van der Waals surface area contributed by atoms with Crippen molar-refractivity contribution in [1.82, 2.24) is 0 Å². The molecule has 21 heavy (non-hydrogen) atoms. The average molecular weight is 308 g/mol. The highest BCUT2D eigenvalue weighted by molar-refractivity contribution is 5.81. The summed E-state index contributed by atoms with van der Waals surface area (Å²) in [5.74, 6) is 0.207. The predicted molar refractivity (Wildman–Crippen MR) is 82.8 cm³/mol. The normalized spacial score (nSPS) is 10.4. The van der Waals surface area contributed by atoms with Gasteiger partial charge in [-0.15, -0.1) is 0 Å². The van der Waals surface area contributed by atoms with E-state index in [1.165, 1.54) is 18.9 Å². The third-order valence-electron chi connectivity index (χ3n) is 2.37. The second-order valence-corrected chi connectivity index (χ2v) is 4.15. The fourth-order valence-corrected chi connectivity index (χ4v) is 1.16. The van der Waals surface area contributed by atoms with Crippen molar-refractivity contribution in [3.8, 4) is 0 Å². The molecule has 1 unspecified atom stereocenters. The summed E-state index contributed by atoms with van der Waals surface area (Å²) >= 11 is 0. The summed E-state index contributed by atoms with van der Waals surface area (Å²) in [6.07, 6.45) is 5.85. The van der Waals surface area contributed by atoms with E-state index in [4.69, 9.17) is 25.2 Å². The van der Waals surface area contributed by atoms with Crippen LogP contribution in [-0.2, 0) is 9.53 Å². The minimum absolute atomic E-state index is 0.125. The van der Waals surface area contributed by atoms with E-state index in [1.807, 2.05) is 0 Å². The van der Waals surface area contributed by atoms with Gasteiger partial charge >= 0.3 is 5.97 Å². The van der Waals surface area contributed by atoms with Crippen LogP contribution in [0.4, 0.5) is 0 Å². The van der Waals surface area contributed by atoms with Crippen molar-refractivity contribution in [3.05, 3.63) is 12.7 Å². The van der Waals surface area contributed by atoms with Crippen LogP contribution in [0.15, 0.2) is 12.7 Å². The maximum absolute atomic E-state index is 10.8. The van der Waals surface area contributed by atoms with Gasteiger partial charge in [-0.05, 0) is 12.3 Å². The Bertz CT molecular complexity index is 200. The first-order valence-electron chi connectivity index (χ1n) is 7.30. The highest BCUT2D eigenvalue weighted by Crippen LogP contribution is 2.12. The van der Waals surface area contributed by atoms with E-state index in [1.54, 1.807) is 0 Å². The Hall–Kier alpha value is -0.950. The summed E-state index contributed by atoms with van der Waals surface area (Å²) in [6.45, 7) is 7.69. The van der Waals surface area contributed by atoms with Crippen molar-refractivity contribution < 1.29 is 30.0 Å². The molecule has 0 aromatic carbocycles. The number of esters is 1. The zero-order valence-corrected chi connectivity index (χ0v) is 13.3. The van der Waals surface area contributed by atoms with Gasteiger partial charge in [0.15, 0.2) is 0 Å². The zero-order chi connectivity index (χ0) is 16.9. The van der Waals surface area contributed by atoms with Crippen LogP contribution < -0.4 is 0 Å².